The number of benzene rings is 4. The van der Waals surface area contributed by atoms with E-state index in [1.807, 2.05) is 0 Å². The highest BCUT2D eigenvalue weighted by Gasteiger charge is 2.73. The first-order valence-corrected chi connectivity index (χ1v) is 30.4. The van der Waals surface area contributed by atoms with Gasteiger partial charge in [-0.3, -0.25) is 0 Å². The molecule has 4 aromatic rings. The zero-order chi connectivity index (χ0) is 42.3. The fourth-order valence-corrected chi connectivity index (χ4v) is 35.9. The molecule has 61 heavy (non-hydrogen) atoms. The van der Waals surface area contributed by atoms with Gasteiger partial charge in [0.1, 0.15) is 11.5 Å². The van der Waals surface area contributed by atoms with Gasteiger partial charge in [-0.15, -0.1) is 0 Å². The Morgan fingerprint density at radius 1 is 0.557 bits per heavy atom. The second kappa shape index (κ2) is 16.1. The fraction of sp³-hybridized carbons (Fsp3) is 0.434. The molecule has 7 aliphatic rings. The van der Waals surface area contributed by atoms with E-state index in [4.69, 9.17) is 13.9 Å². The minimum absolute atomic E-state index is 0.0910. The number of rotatable bonds is 12. The summed E-state index contributed by atoms with van der Waals surface area (Å²) in [5.41, 5.74) is 6.99. The van der Waals surface area contributed by atoms with Crippen LogP contribution < -0.4 is 9.47 Å². The van der Waals surface area contributed by atoms with E-state index in [0.717, 1.165) is 29.3 Å². The third-order valence-electron chi connectivity index (χ3n) is 15.6. The van der Waals surface area contributed by atoms with Gasteiger partial charge < -0.3 is 13.9 Å². The summed E-state index contributed by atoms with van der Waals surface area (Å²) >= 11 is 4.41. The molecule has 3 heterocycles. The molecule has 5 fully saturated rings. The molecule has 4 aromatic carbocycles. The normalized spacial score (nSPS) is 31.1. The molecule has 318 valence electrons. The number of ether oxygens (including phenoxy) is 2. The van der Waals surface area contributed by atoms with Crippen molar-refractivity contribution in [3.8, 4) is 11.5 Å². The third kappa shape index (κ3) is 6.49. The van der Waals surface area contributed by atoms with E-state index in [0.29, 0.717) is 16.6 Å². The Kier molecular flexibility index (Phi) is 11.1. The largest absolute Gasteiger partial charge is 0.545 e. The molecule has 0 radical (unpaired) electrons. The molecular weight excluding hydrogens is 839 g/mol. The molecule has 0 aromatic heterocycles. The summed E-state index contributed by atoms with van der Waals surface area (Å²) in [4.78, 5) is 2.78. The van der Waals surface area contributed by atoms with Crippen LogP contribution in [0.4, 0.5) is 0 Å². The maximum atomic E-state index is 8.66. The standard InChI is InChI=1S/C53H62O3P2S2Si/c1-35(2)61(36(3)4,37(5)6)56-49(51-30-38-27-39(31-51)29-40(28-38)32-51)50-57-52(43-15-11-9-12-16-43,33-47(59-57)41-19-23-45(54-7)24-20-41)53(44-17-13-10-14-18-44)34-48(60-58(50)53)42-21-25-46(55-8)26-22-42/h9-26,33-40H,27-32H2,1-8H3/t38?,39?,40?,51?,52-,53-,57+,58+/m1/s1. The molecule has 4 atom stereocenters. The van der Waals surface area contributed by atoms with Crippen LogP contribution in [0.25, 0.3) is 9.81 Å². The first kappa shape index (κ1) is 42.2. The molecule has 0 spiro atoms. The Labute approximate surface area is 377 Å². The Balaban J connectivity index is 1.33. The van der Waals surface area contributed by atoms with Crippen LogP contribution in [0.15, 0.2) is 132 Å². The quantitative estimate of drug-likeness (QED) is 0.0802. The van der Waals surface area contributed by atoms with E-state index in [1.54, 1.807) is 19.3 Å². The molecule has 4 bridgehead atoms. The first-order chi connectivity index (χ1) is 29.5. The van der Waals surface area contributed by atoms with Gasteiger partial charge in [-0.2, -0.15) is 0 Å². The van der Waals surface area contributed by atoms with Gasteiger partial charge in [0.25, 0.3) is 8.32 Å². The van der Waals surface area contributed by atoms with Crippen LogP contribution in [-0.4, -0.2) is 22.5 Å². The van der Waals surface area contributed by atoms with Gasteiger partial charge in [0.05, 0.1) is 30.3 Å². The zero-order valence-corrected chi connectivity index (χ0v) is 41.6. The molecule has 3 nitrogen and oxygen atoms in total. The third-order valence-corrected chi connectivity index (χ3v) is 34.2. The Morgan fingerprint density at radius 3 is 1.28 bits per heavy atom. The number of fused-ring (bicyclic) bond motifs is 3. The monoisotopic (exact) mass is 900 g/mol. The van der Waals surface area contributed by atoms with E-state index in [1.165, 1.54) is 76.3 Å². The van der Waals surface area contributed by atoms with Gasteiger partial charge in [-0.25, -0.2) is 0 Å². The predicted octanol–water partition coefficient (Wildman–Crippen LogP) is 16.8. The molecule has 1 saturated heterocycles. The van der Waals surface area contributed by atoms with Crippen molar-refractivity contribution in [3.05, 3.63) is 154 Å². The van der Waals surface area contributed by atoms with Gasteiger partial charge >= 0.3 is 0 Å². The highest BCUT2D eigenvalue weighted by Crippen LogP contribution is 3.03. The second-order valence-electron chi connectivity index (χ2n) is 19.8. The topological polar surface area (TPSA) is 27.7 Å². The van der Waals surface area contributed by atoms with Crippen LogP contribution in [0.3, 0.4) is 0 Å². The maximum absolute atomic E-state index is 8.66. The van der Waals surface area contributed by atoms with Crippen molar-refractivity contribution in [2.24, 2.45) is 23.2 Å². The van der Waals surface area contributed by atoms with Crippen LogP contribution in [0.5, 0.6) is 11.5 Å². The summed E-state index contributed by atoms with van der Waals surface area (Å²) < 4.78 is 20.1. The van der Waals surface area contributed by atoms with Gasteiger partial charge in [-0.05, 0) is 119 Å². The van der Waals surface area contributed by atoms with Crippen molar-refractivity contribution in [3.63, 3.8) is 0 Å². The molecule has 3 aliphatic heterocycles. The minimum Gasteiger partial charge on any atom is -0.545 e. The Bertz CT molecular complexity index is 2180. The van der Waals surface area contributed by atoms with Crippen LogP contribution in [-0.2, 0) is 14.7 Å². The van der Waals surface area contributed by atoms with Gasteiger partial charge in [0.15, 0.2) is 0 Å². The number of allylic oxidation sites excluding steroid dienone is 3. The second-order valence-corrected chi connectivity index (χ2v) is 33.5. The van der Waals surface area contributed by atoms with E-state index < -0.39 is 22.6 Å². The highest BCUT2D eigenvalue weighted by molar-refractivity contribution is 8.70. The molecule has 0 unspecified atom stereocenters. The van der Waals surface area contributed by atoms with Crippen LogP contribution in [0.2, 0.25) is 16.6 Å². The average Bonchev–Trinajstić information content (AvgIpc) is 3.92. The average molecular weight is 901 g/mol. The lowest BCUT2D eigenvalue weighted by Crippen LogP contribution is -2.53. The molecule has 4 saturated carbocycles. The van der Waals surface area contributed by atoms with Crippen molar-refractivity contribution in [2.75, 3.05) is 14.2 Å². The molecular formula is C53H62O3P2S2Si. The summed E-state index contributed by atoms with van der Waals surface area (Å²) in [5.74, 6) is 5.74. The van der Waals surface area contributed by atoms with Crippen LogP contribution in [0.1, 0.15) is 102 Å². The Hall–Kier alpha value is -2.72. The molecule has 8 heteroatoms. The summed E-state index contributed by atoms with van der Waals surface area (Å²) in [5, 5.41) is 1.09. The fourth-order valence-electron chi connectivity index (χ4n) is 13.4. The zero-order valence-electron chi connectivity index (χ0n) is 37.2. The smallest absolute Gasteiger partial charge is 0.258 e. The van der Waals surface area contributed by atoms with Crippen LogP contribution in [0, 0.1) is 23.2 Å². The van der Waals surface area contributed by atoms with E-state index in [-0.39, 0.29) is 15.7 Å². The van der Waals surface area contributed by atoms with Crippen LogP contribution >= 0.6 is 37.0 Å². The summed E-state index contributed by atoms with van der Waals surface area (Å²) in [6.45, 7) is 15.0. The van der Waals surface area contributed by atoms with E-state index in [2.05, 4.69) is 186 Å². The van der Waals surface area contributed by atoms with Gasteiger partial charge in [0.2, 0.25) is 0 Å². The molecule has 0 amide bonds. The van der Waals surface area contributed by atoms with E-state index in [9.17, 15) is 0 Å². The van der Waals surface area contributed by atoms with Crippen molar-refractivity contribution < 1.29 is 13.9 Å². The van der Waals surface area contributed by atoms with Crippen molar-refractivity contribution in [1.82, 2.24) is 0 Å². The molecule has 0 N–H and O–H groups in total. The molecule has 4 aliphatic carbocycles. The van der Waals surface area contributed by atoms with E-state index >= 15 is 0 Å². The molecule has 11 rings (SSSR count). The SMILES string of the molecule is COc1ccc(C2=C[C@]3(c4ccccc4)[P@@](S2)C(=C(O[Si](C(C)C)(C(C)C)C(C)C)C24CC5CC(CC(C5)C2)C4)[P@]2SC(c4ccc(OC)cc4)=C[C@]23c2ccccc2)cc1. The number of hydrogen-bond acceptors (Lipinski definition) is 5. The summed E-state index contributed by atoms with van der Waals surface area (Å²) in [7, 11) is -0.632. The lowest BCUT2D eigenvalue weighted by molar-refractivity contribution is -0.0493. The lowest BCUT2D eigenvalue weighted by atomic mass is 9.49. The predicted molar refractivity (Wildman–Crippen MR) is 267 cm³/mol. The van der Waals surface area contributed by atoms with Crippen molar-refractivity contribution in [2.45, 2.75) is 107 Å². The lowest BCUT2D eigenvalue weighted by Gasteiger charge is -2.59. The number of hydrogen-bond donors (Lipinski definition) is 0. The summed E-state index contributed by atoms with van der Waals surface area (Å²) in [6, 6.07) is 41.2. The van der Waals surface area contributed by atoms with Crippen molar-refractivity contribution >= 4 is 55.1 Å². The van der Waals surface area contributed by atoms with Gasteiger partial charge in [-0.1, -0.05) is 161 Å². The Morgan fingerprint density at radius 2 is 0.934 bits per heavy atom. The summed E-state index contributed by atoms with van der Waals surface area (Å²) in [6.07, 6.45) is 13.7. The van der Waals surface area contributed by atoms with Gasteiger partial charge in [0, 0.05) is 34.5 Å². The number of methoxy groups -OCH3 is 2. The first-order valence-electron chi connectivity index (χ1n) is 22.7. The highest BCUT2D eigenvalue weighted by atomic mass is 32.7. The maximum Gasteiger partial charge on any atom is 0.258 e. The van der Waals surface area contributed by atoms with Crippen molar-refractivity contribution in [1.29, 1.82) is 0 Å². The minimum atomic E-state index is -2.41.